The number of carbonyl (C=O) groups is 1. The monoisotopic (exact) mass is 525 g/mol. The smallest absolute Gasteiger partial charge is 0.417 e. The summed E-state index contributed by atoms with van der Waals surface area (Å²) in [7, 11) is 1.38. The van der Waals surface area contributed by atoms with Crippen molar-refractivity contribution < 1.29 is 31.5 Å². The molecule has 4 rings (SSSR count). The Morgan fingerprint density at radius 2 is 1.84 bits per heavy atom. The number of alkyl halides is 3. The van der Waals surface area contributed by atoms with Crippen molar-refractivity contribution in [2.24, 2.45) is 5.92 Å². The normalized spacial score (nSPS) is 20.0. The van der Waals surface area contributed by atoms with Crippen LogP contribution in [0.15, 0.2) is 18.5 Å². The summed E-state index contributed by atoms with van der Waals surface area (Å²) in [6.07, 6.45) is -4.43. The predicted molar refractivity (Wildman–Crippen MR) is 127 cm³/mol. The number of rotatable bonds is 4. The number of methoxy groups -OCH3 is 1. The SMILES string of the molecule is C=C(F)C(=O)N1CCN(c2nc(OC)nc3c2C[C@@H](C)C(c2c(F)c(N)cc(C)c2C(F)(F)F)C3)CC1. The number of carbonyl (C=O) groups excluding carboxylic acids is 1. The molecule has 1 aliphatic carbocycles. The van der Waals surface area contributed by atoms with E-state index in [1.54, 1.807) is 6.92 Å². The number of nitrogens with zero attached hydrogens (tertiary/aromatic N) is 4. The van der Waals surface area contributed by atoms with Crippen LogP contribution >= 0.6 is 0 Å². The van der Waals surface area contributed by atoms with Crippen molar-refractivity contribution in [3.05, 3.63) is 52.2 Å². The average Bonchev–Trinajstić information content (AvgIpc) is 2.84. The Morgan fingerprint density at radius 1 is 1.19 bits per heavy atom. The number of nitrogens with two attached hydrogens (primary N) is 1. The summed E-state index contributed by atoms with van der Waals surface area (Å²) in [4.78, 5) is 24.1. The van der Waals surface area contributed by atoms with Crippen LogP contribution in [0.4, 0.5) is 33.5 Å². The minimum Gasteiger partial charge on any atom is -0.467 e. The van der Waals surface area contributed by atoms with Gasteiger partial charge >= 0.3 is 12.2 Å². The van der Waals surface area contributed by atoms with Crippen molar-refractivity contribution >= 4 is 17.4 Å². The molecule has 1 saturated heterocycles. The molecule has 2 heterocycles. The Hall–Kier alpha value is -3.44. The molecular weight excluding hydrogens is 497 g/mol. The van der Waals surface area contributed by atoms with Crippen molar-refractivity contribution in [3.8, 4) is 6.01 Å². The lowest BCUT2D eigenvalue weighted by molar-refractivity contribution is -0.139. The van der Waals surface area contributed by atoms with Crippen LogP contribution in [0, 0.1) is 18.7 Å². The molecule has 1 aromatic heterocycles. The lowest BCUT2D eigenvalue weighted by atomic mass is 9.73. The second-order valence-corrected chi connectivity index (χ2v) is 9.52. The topological polar surface area (TPSA) is 84.6 Å². The van der Waals surface area contributed by atoms with E-state index in [1.807, 2.05) is 4.90 Å². The van der Waals surface area contributed by atoms with E-state index in [9.17, 15) is 22.4 Å². The number of hydrogen-bond donors (Lipinski definition) is 1. The lowest BCUT2D eigenvalue weighted by Crippen LogP contribution is -2.49. The minimum absolute atomic E-state index is 0.0259. The number of aromatic nitrogens is 2. The molecule has 37 heavy (non-hydrogen) atoms. The molecule has 2 aromatic rings. The summed E-state index contributed by atoms with van der Waals surface area (Å²) >= 11 is 0. The molecule has 1 aliphatic heterocycles. The van der Waals surface area contributed by atoms with Crippen molar-refractivity contribution in [2.75, 3.05) is 43.9 Å². The molecule has 0 bridgehead atoms. The Morgan fingerprint density at radius 3 is 2.41 bits per heavy atom. The number of benzene rings is 1. The highest BCUT2D eigenvalue weighted by Gasteiger charge is 2.43. The fraction of sp³-hybridized carbons (Fsp3) is 0.480. The standard InChI is InChI=1S/C25H28F5N5O2/c1-12-9-16-18(11-15(12)19-20(25(28,29)30)13(2)10-17(31)21(19)27)32-24(37-4)33-22(16)34-5-7-35(8-6-34)23(36)14(3)26/h10,12,15H,3,5-9,11,31H2,1-2,4H3/t12-,15?/m1/s1. The van der Waals surface area contributed by atoms with Gasteiger partial charge in [0, 0.05) is 37.3 Å². The molecule has 1 fully saturated rings. The van der Waals surface area contributed by atoms with Crippen LogP contribution in [0.5, 0.6) is 6.01 Å². The summed E-state index contributed by atoms with van der Waals surface area (Å²) < 4.78 is 75.9. The Bertz CT molecular complexity index is 1240. The van der Waals surface area contributed by atoms with E-state index in [4.69, 9.17) is 10.5 Å². The number of hydrogen-bond acceptors (Lipinski definition) is 6. The highest BCUT2D eigenvalue weighted by atomic mass is 19.4. The van der Waals surface area contributed by atoms with E-state index >= 15 is 4.39 Å². The molecular formula is C25H28F5N5O2. The first-order chi connectivity index (χ1) is 17.3. The van der Waals surface area contributed by atoms with Crippen molar-refractivity contribution in [2.45, 2.75) is 38.8 Å². The summed E-state index contributed by atoms with van der Waals surface area (Å²) in [5.74, 6) is -3.54. The van der Waals surface area contributed by atoms with Crippen LogP contribution in [0.3, 0.4) is 0 Å². The molecule has 200 valence electrons. The summed E-state index contributed by atoms with van der Waals surface area (Å²) in [5.41, 5.74) is 5.03. The zero-order valence-electron chi connectivity index (χ0n) is 20.8. The molecule has 7 nitrogen and oxygen atoms in total. The number of ether oxygens (including phenoxy) is 1. The van der Waals surface area contributed by atoms with Crippen LogP contribution in [-0.4, -0.2) is 54.1 Å². The van der Waals surface area contributed by atoms with Gasteiger partial charge in [-0.15, -0.1) is 0 Å². The van der Waals surface area contributed by atoms with Gasteiger partial charge in [0.15, 0.2) is 5.83 Å². The van der Waals surface area contributed by atoms with Gasteiger partial charge in [-0.1, -0.05) is 13.5 Å². The maximum Gasteiger partial charge on any atom is 0.417 e. The minimum atomic E-state index is -4.76. The zero-order chi connectivity index (χ0) is 27.2. The van der Waals surface area contributed by atoms with Crippen LogP contribution in [0.25, 0.3) is 0 Å². The van der Waals surface area contributed by atoms with Crippen molar-refractivity contribution in [1.82, 2.24) is 14.9 Å². The van der Waals surface area contributed by atoms with Gasteiger partial charge in [0.25, 0.3) is 5.91 Å². The van der Waals surface area contributed by atoms with Gasteiger partial charge in [-0.05, 0) is 43.2 Å². The Balaban J connectivity index is 1.73. The van der Waals surface area contributed by atoms with Gasteiger partial charge in [0.2, 0.25) is 0 Å². The number of piperazine rings is 1. The van der Waals surface area contributed by atoms with E-state index < -0.39 is 46.7 Å². The Labute approximate surface area is 211 Å². The van der Waals surface area contributed by atoms with E-state index in [1.165, 1.54) is 18.9 Å². The summed E-state index contributed by atoms with van der Waals surface area (Å²) in [6, 6.07) is 1.03. The second-order valence-electron chi connectivity index (χ2n) is 9.52. The summed E-state index contributed by atoms with van der Waals surface area (Å²) in [6.45, 7) is 7.28. The van der Waals surface area contributed by atoms with Gasteiger partial charge in [0.05, 0.1) is 24.1 Å². The summed E-state index contributed by atoms with van der Waals surface area (Å²) in [5, 5.41) is 0. The first-order valence-corrected chi connectivity index (χ1v) is 11.8. The van der Waals surface area contributed by atoms with Gasteiger partial charge in [-0.3, -0.25) is 4.79 Å². The third-order valence-corrected chi connectivity index (χ3v) is 7.14. The van der Waals surface area contributed by atoms with Gasteiger partial charge in [-0.2, -0.15) is 23.1 Å². The maximum absolute atomic E-state index is 15.2. The molecule has 1 aromatic carbocycles. The average molecular weight is 526 g/mol. The van der Waals surface area contributed by atoms with E-state index in [-0.39, 0.29) is 36.8 Å². The van der Waals surface area contributed by atoms with Gasteiger partial charge in [0.1, 0.15) is 11.6 Å². The van der Waals surface area contributed by atoms with Crippen LogP contribution in [0.1, 0.15) is 40.8 Å². The number of aryl methyl sites for hydroxylation is 1. The molecule has 2 N–H and O–H groups in total. The molecule has 12 heteroatoms. The molecule has 0 spiro atoms. The molecule has 1 unspecified atom stereocenters. The fourth-order valence-electron chi connectivity index (χ4n) is 5.35. The molecule has 0 radical (unpaired) electrons. The van der Waals surface area contributed by atoms with Crippen molar-refractivity contribution in [3.63, 3.8) is 0 Å². The van der Waals surface area contributed by atoms with Crippen LogP contribution in [0.2, 0.25) is 0 Å². The van der Waals surface area contributed by atoms with E-state index in [0.29, 0.717) is 31.0 Å². The number of anilines is 2. The number of nitrogen functional groups attached to an aromatic ring is 1. The highest BCUT2D eigenvalue weighted by molar-refractivity contribution is 5.90. The number of halogens is 5. The third-order valence-electron chi connectivity index (χ3n) is 7.14. The first kappa shape index (κ1) is 26.6. The third kappa shape index (κ3) is 4.93. The molecule has 1 amide bonds. The zero-order valence-corrected chi connectivity index (χ0v) is 20.8. The quantitative estimate of drug-likeness (QED) is 0.366. The van der Waals surface area contributed by atoms with E-state index in [2.05, 4.69) is 16.5 Å². The van der Waals surface area contributed by atoms with Gasteiger partial charge < -0.3 is 20.3 Å². The molecule has 0 saturated carbocycles. The number of fused-ring (bicyclic) bond motifs is 1. The predicted octanol–water partition coefficient (Wildman–Crippen LogP) is 4.18. The largest absolute Gasteiger partial charge is 0.467 e. The van der Waals surface area contributed by atoms with Crippen LogP contribution < -0.4 is 15.4 Å². The second kappa shape index (κ2) is 9.79. The van der Waals surface area contributed by atoms with Crippen molar-refractivity contribution in [1.29, 1.82) is 0 Å². The molecule has 2 atom stereocenters. The van der Waals surface area contributed by atoms with Gasteiger partial charge in [-0.25, -0.2) is 8.78 Å². The molecule has 2 aliphatic rings. The van der Waals surface area contributed by atoms with E-state index in [0.717, 1.165) is 11.6 Å². The fourth-order valence-corrected chi connectivity index (χ4v) is 5.35. The maximum atomic E-state index is 15.2. The highest BCUT2D eigenvalue weighted by Crippen LogP contribution is 2.47. The van der Waals surface area contributed by atoms with Crippen LogP contribution in [-0.2, 0) is 23.8 Å². The Kier molecular flexibility index (Phi) is 7.04. The number of amides is 1. The first-order valence-electron chi connectivity index (χ1n) is 11.8. The lowest BCUT2D eigenvalue weighted by Gasteiger charge is -2.38.